The molecule has 0 fully saturated rings. The average molecular weight is 897 g/mol. The predicted octanol–water partition coefficient (Wildman–Crippen LogP) is 17.6. The summed E-state index contributed by atoms with van der Waals surface area (Å²) < 4.78 is 0. The third-order valence-corrected chi connectivity index (χ3v) is 17.8. The Morgan fingerprint density at radius 2 is 0.629 bits per heavy atom. The molecule has 2 heterocycles. The van der Waals surface area contributed by atoms with E-state index in [9.17, 15) is 0 Å². The summed E-state index contributed by atoms with van der Waals surface area (Å²) in [6.45, 7) is 19.4. The standard InChI is InChI=1S/C68H52N2/c1-65(2)53-23-15-13-19-43(53)47-27-29-49-57-45-21-11-9-17-41(45)51(33-55(57)67(5,6)61(49)59(47)65)39-31-37-25-26-38-32-40(36-70-64(38)63(37)69-35-39)52-34-56-58(46-22-12-10-18-42(46)52)50-30-28-48-44-20-14-16-24-54(44)66(3,4)60(48)62(50)68(56,7)8/h9-36H,1-8H3. The summed E-state index contributed by atoms with van der Waals surface area (Å²) in [7, 11) is 0. The van der Waals surface area contributed by atoms with Gasteiger partial charge in [-0.3, -0.25) is 9.97 Å². The fourth-order valence-electron chi connectivity index (χ4n) is 14.6. The molecule has 2 nitrogen and oxygen atoms in total. The second kappa shape index (κ2) is 13.1. The van der Waals surface area contributed by atoms with Crippen LogP contribution in [0, 0.1) is 0 Å². The second-order valence-corrected chi connectivity index (χ2v) is 22.9. The van der Waals surface area contributed by atoms with E-state index in [1.165, 1.54) is 122 Å². The molecule has 0 unspecified atom stereocenters. The van der Waals surface area contributed by atoms with Crippen molar-refractivity contribution in [3.63, 3.8) is 0 Å². The van der Waals surface area contributed by atoms with E-state index in [0.29, 0.717) is 0 Å². The summed E-state index contributed by atoms with van der Waals surface area (Å²) in [5.41, 5.74) is 28.4. The van der Waals surface area contributed by atoms with E-state index < -0.39 is 0 Å². The second-order valence-electron chi connectivity index (χ2n) is 22.9. The molecule has 0 aliphatic heterocycles. The van der Waals surface area contributed by atoms with Gasteiger partial charge in [-0.1, -0.05) is 189 Å². The molecular weight excluding hydrogens is 845 g/mol. The zero-order valence-corrected chi connectivity index (χ0v) is 41.1. The highest BCUT2D eigenvalue weighted by Gasteiger charge is 2.48. The molecule has 0 N–H and O–H groups in total. The molecule has 9 aromatic carbocycles. The van der Waals surface area contributed by atoms with Gasteiger partial charge in [-0.05, 0) is 146 Å². The first-order valence-electron chi connectivity index (χ1n) is 25.1. The molecule has 70 heavy (non-hydrogen) atoms. The molecule has 0 spiro atoms. The van der Waals surface area contributed by atoms with Crippen molar-refractivity contribution in [2.75, 3.05) is 0 Å². The lowest BCUT2D eigenvalue weighted by atomic mass is 9.72. The SMILES string of the molecule is CC1(C)c2ccccc2-c2ccc3c(c21)C(C)(C)c1cc(-c2cnc4c(ccc5cc(-c6cc7c(c8ccccc68)-c6ccc8c(c6C7(C)C)C(C)(C)c6ccccc6-8)cnc54)c2)c2ccccc2c1-3. The van der Waals surface area contributed by atoms with Crippen LogP contribution in [0.15, 0.2) is 170 Å². The van der Waals surface area contributed by atoms with Crippen LogP contribution in [0.1, 0.15) is 99.9 Å². The lowest BCUT2D eigenvalue weighted by molar-refractivity contribution is 0.601. The molecule has 4 aliphatic carbocycles. The Balaban J connectivity index is 0.845. The maximum Gasteiger partial charge on any atom is 0.0965 e. The molecule has 0 radical (unpaired) electrons. The Labute approximate surface area is 409 Å². The lowest BCUT2D eigenvalue weighted by Gasteiger charge is -2.31. The van der Waals surface area contributed by atoms with E-state index in [2.05, 4.69) is 226 Å². The highest BCUT2D eigenvalue weighted by Crippen LogP contribution is 2.63. The molecule has 2 aromatic heterocycles. The van der Waals surface area contributed by atoms with Crippen LogP contribution in [-0.4, -0.2) is 9.97 Å². The minimum absolute atomic E-state index is 0.0978. The number of pyridine rings is 2. The number of hydrogen-bond donors (Lipinski definition) is 0. The van der Waals surface area contributed by atoms with E-state index in [4.69, 9.17) is 9.97 Å². The van der Waals surface area contributed by atoms with Crippen LogP contribution in [-0.2, 0) is 21.7 Å². The van der Waals surface area contributed by atoms with Crippen molar-refractivity contribution in [3.05, 3.63) is 215 Å². The van der Waals surface area contributed by atoms with Gasteiger partial charge in [0.2, 0.25) is 0 Å². The van der Waals surface area contributed by atoms with Crippen molar-refractivity contribution >= 4 is 43.4 Å². The van der Waals surface area contributed by atoms with Crippen molar-refractivity contribution in [1.82, 2.24) is 9.97 Å². The summed E-state index contributed by atoms with van der Waals surface area (Å²) in [5.74, 6) is 0. The van der Waals surface area contributed by atoms with Crippen LogP contribution in [0.2, 0.25) is 0 Å². The van der Waals surface area contributed by atoms with E-state index in [1.54, 1.807) is 0 Å². The first kappa shape index (κ1) is 40.2. The van der Waals surface area contributed by atoms with E-state index >= 15 is 0 Å². The van der Waals surface area contributed by atoms with Gasteiger partial charge in [0, 0.05) is 56.0 Å². The molecule has 0 saturated heterocycles. The van der Waals surface area contributed by atoms with Gasteiger partial charge in [0.1, 0.15) is 0 Å². The maximum atomic E-state index is 5.29. The summed E-state index contributed by atoms with van der Waals surface area (Å²) in [6.07, 6.45) is 4.17. The van der Waals surface area contributed by atoms with E-state index in [1.807, 2.05) is 0 Å². The largest absolute Gasteiger partial charge is 0.253 e. The Bertz CT molecular complexity index is 3960. The Hall–Kier alpha value is -7.68. The zero-order valence-electron chi connectivity index (χ0n) is 41.1. The number of fused-ring (bicyclic) bond motifs is 21. The normalized spacial score (nSPS) is 16.5. The van der Waals surface area contributed by atoms with Gasteiger partial charge in [-0.15, -0.1) is 0 Å². The number of nitrogens with zero attached hydrogens (tertiary/aromatic N) is 2. The van der Waals surface area contributed by atoms with E-state index in [0.717, 1.165) is 32.9 Å². The molecule has 0 atom stereocenters. The minimum Gasteiger partial charge on any atom is -0.253 e. The van der Waals surface area contributed by atoms with Crippen molar-refractivity contribution in [1.29, 1.82) is 0 Å². The van der Waals surface area contributed by atoms with Crippen LogP contribution in [0.4, 0.5) is 0 Å². The van der Waals surface area contributed by atoms with Gasteiger partial charge in [0.05, 0.1) is 11.0 Å². The maximum absolute atomic E-state index is 5.29. The lowest BCUT2D eigenvalue weighted by Crippen LogP contribution is -2.24. The molecule has 4 aliphatic rings. The smallest absolute Gasteiger partial charge is 0.0965 e. The molecule has 0 amide bonds. The molecule has 2 heteroatoms. The predicted molar refractivity (Wildman–Crippen MR) is 293 cm³/mol. The van der Waals surface area contributed by atoms with Crippen molar-refractivity contribution in [2.45, 2.75) is 77.0 Å². The molecular formula is C68H52N2. The monoisotopic (exact) mass is 896 g/mol. The Morgan fingerprint density at radius 3 is 1.06 bits per heavy atom. The topological polar surface area (TPSA) is 25.8 Å². The third kappa shape index (κ3) is 4.84. The average Bonchev–Trinajstić information content (AvgIpc) is 3.95. The number of aromatic nitrogens is 2. The molecule has 0 saturated carbocycles. The first-order chi connectivity index (χ1) is 33.8. The summed E-state index contributed by atoms with van der Waals surface area (Å²) in [4.78, 5) is 10.6. The number of benzene rings is 9. The Kier molecular flexibility index (Phi) is 7.55. The van der Waals surface area contributed by atoms with Gasteiger partial charge < -0.3 is 0 Å². The molecule has 334 valence electrons. The quantitative estimate of drug-likeness (QED) is 0.162. The van der Waals surface area contributed by atoms with Gasteiger partial charge >= 0.3 is 0 Å². The van der Waals surface area contributed by atoms with Crippen LogP contribution in [0.3, 0.4) is 0 Å². The first-order valence-corrected chi connectivity index (χ1v) is 25.1. The van der Waals surface area contributed by atoms with E-state index in [-0.39, 0.29) is 21.7 Å². The van der Waals surface area contributed by atoms with Crippen LogP contribution < -0.4 is 0 Å². The third-order valence-electron chi connectivity index (χ3n) is 17.8. The summed E-state index contributed by atoms with van der Waals surface area (Å²) in [5, 5.41) is 7.29. The highest BCUT2D eigenvalue weighted by molar-refractivity contribution is 6.13. The van der Waals surface area contributed by atoms with Gasteiger partial charge in [0.25, 0.3) is 0 Å². The number of hydrogen-bond acceptors (Lipinski definition) is 2. The molecule has 15 rings (SSSR count). The minimum atomic E-state index is -0.205. The summed E-state index contributed by atoms with van der Waals surface area (Å²) in [6, 6.07) is 59.8. The van der Waals surface area contributed by atoms with Crippen LogP contribution >= 0.6 is 0 Å². The van der Waals surface area contributed by atoms with Gasteiger partial charge in [0.15, 0.2) is 0 Å². The molecule has 0 bridgehead atoms. The number of rotatable bonds is 2. The Morgan fingerprint density at radius 1 is 0.286 bits per heavy atom. The van der Waals surface area contributed by atoms with Crippen LogP contribution in [0.5, 0.6) is 0 Å². The van der Waals surface area contributed by atoms with Gasteiger partial charge in [-0.25, -0.2) is 0 Å². The summed E-state index contributed by atoms with van der Waals surface area (Å²) >= 11 is 0. The van der Waals surface area contributed by atoms with Crippen molar-refractivity contribution in [2.24, 2.45) is 0 Å². The van der Waals surface area contributed by atoms with Crippen LogP contribution in [0.25, 0.3) is 110 Å². The highest BCUT2D eigenvalue weighted by atomic mass is 14.7. The fraction of sp³-hybridized carbons (Fsp3) is 0.176. The fourth-order valence-corrected chi connectivity index (χ4v) is 14.6. The van der Waals surface area contributed by atoms with Crippen molar-refractivity contribution in [3.8, 4) is 66.8 Å². The van der Waals surface area contributed by atoms with Gasteiger partial charge in [-0.2, -0.15) is 0 Å². The molecule has 11 aromatic rings. The zero-order chi connectivity index (χ0) is 47.4. The van der Waals surface area contributed by atoms with Crippen molar-refractivity contribution < 1.29 is 0 Å².